The Bertz CT molecular complexity index is 778. The molecule has 1 amide bonds. The predicted molar refractivity (Wildman–Crippen MR) is 95.9 cm³/mol. The zero-order valence-corrected chi connectivity index (χ0v) is 14.7. The Morgan fingerprint density at radius 1 is 1.29 bits per heavy atom. The van der Waals surface area contributed by atoms with Gasteiger partial charge in [0.05, 0.1) is 12.5 Å². The van der Waals surface area contributed by atoms with Crippen molar-refractivity contribution in [3.63, 3.8) is 0 Å². The third kappa shape index (κ3) is 4.23. The molecule has 1 aromatic heterocycles. The molecule has 1 heterocycles. The molecule has 3 N–H and O–H groups in total. The highest BCUT2D eigenvalue weighted by Gasteiger charge is 2.30. The van der Waals surface area contributed by atoms with Crippen molar-refractivity contribution < 1.29 is 9.90 Å². The summed E-state index contributed by atoms with van der Waals surface area (Å²) < 4.78 is 0. The van der Waals surface area contributed by atoms with Gasteiger partial charge in [-0.05, 0) is 23.4 Å². The van der Waals surface area contributed by atoms with Gasteiger partial charge in [0.15, 0.2) is 0 Å². The molecule has 5 nitrogen and oxygen atoms in total. The minimum atomic E-state index is -0.512. The number of carbonyl (C=O) groups excluding carboxylic acids is 1. The van der Waals surface area contributed by atoms with Crippen LogP contribution in [0.4, 0.5) is 0 Å². The number of aliphatic hydroxyl groups excluding tert-OH is 1. The van der Waals surface area contributed by atoms with Crippen LogP contribution in [0.1, 0.15) is 33.3 Å². The van der Waals surface area contributed by atoms with Crippen molar-refractivity contribution in [2.45, 2.75) is 40.2 Å². The van der Waals surface area contributed by atoms with Crippen molar-refractivity contribution in [3.05, 3.63) is 46.2 Å². The molecule has 0 aliphatic heterocycles. The Morgan fingerprint density at radius 2 is 1.96 bits per heavy atom. The van der Waals surface area contributed by atoms with E-state index >= 15 is 0 Å². The lowest BCUT2D eigenvalue weighted by atomic mass is 9.80. The number of aliphatic hydroxyl groups is 1. The first-order chi connectivity index (χ1) is 11.2. The molecule has 1 atom stereocenters. The Morgan fingerprint density at radius 3 is 2.62 bits per heavy atom. The summed E-state index contributed by atoms with van der Waals surface area (Å²) in [4.78, 5) is 27.1. The summed E-state index contributed by atoms with van der Waals surface area (Å²) in [6.07, 6.45) is -0.490. The average molecular weight is 330 g/mol. The van der Waals surface area contributed by atoms with Gasteiger partial charge in [-0.3, -0.25) is 9.59 Å². The van der Waals surface area contributed by atoms with Crippen LogP contribution >= 0.6 is 0 Å². The molecule has 0 bridgehead atoms. The van der Waals surface area contributed by atoms with Gasteiger partial charge >= 0.3 is 0 Å². The van der Waals surface area contributed by atoms with E-state index in [0.717, 1.165) is 10.9 Å². The van der Waals surface area contributed by atoms with Crippen molar-refractivity contribution in [1.29, 1.82) is 0 Å². The summed E-state index contributed by atoms with van der Waals surface area (Å²) in [6.45, 7) is 8.09. The number of fused-ring (bicyclic) bond motifs is 1. The second-order valence-corrected chi connectivity index (χ2v) is 7.34. The van der Waals surface area contributed by atoms with Crippen molar-refractivity contribution >= 4 is 16.8 Å². The van der Waals surface area contributed by atoms with Gasteiger partial charge in [0, 0.05) is 23.0 Å². The van der Waals surface area contributed by atoms with E-state index in [1.54, 1.807) is 6.07 Å². The number of aromatic nitrogens is 1. The maximum Gasteiger partial charge on any atom is 0.252 e. The summed E-state index contributed by atoms with van der Waals surface area (Å²) in [5, 5.41) is 13.9. The molecule has 5 heteroatoms. The van der Waals surface area contributed by atoms with Crippen LogP contribution in [0.5, 0.6) is 0 Å². The number of hydrogen-bond donors (Lipinski definition) is 3. The molecule has 0 fully saturated rings. The molecular weight excluding hydrogens is 304 g/mol. The number of nitrogens with one attached hydrogen (secondary N) is 2. The first kappa shape index (κ1) is 18.2. The van der Waals surface area contributed by atoms with E-state index in [1.807, 2.05) is 52.0 Å². The quantitative estimate of drug-likeness (QED) is 0.759. The molecule has 0 saturated heterocycles. The first-order valence-electron chi connectivity index (χ1n) is 8.26. The van der Waals surface area contributed by atoms with E-state index in [4.69, 9.17) is 0 Å². The molecule has 2 rings (SSSR count). The van der Waals surface area contributed by atoms with Crippen LogP contribution in [0, 0.1) is 11.3 Å². The highest BCUT2D eigenvalue weighted by Crippen LogP contribution is 2.25. The number of hydrogen-bond acceptors (Lipinski definition) is 3. The van der Waals surface area contributed by atoms with Gasteiger partial charge in [0.25, 0.3) is 5.56 Å². The highest BCUT2D eigenvalue weighted by atomic mass is 16.3. The van der Waals surface area contributed by atoms with Gasteiger partial charge in [0.2, 0.25) is 5.91 Å². The molecule has 2 aromatic rings. The van der Waals surface area contributed by atoms with Crippen LogP contribution in [0.15, 0.2) is 35.1 Å². The topological polar surface area (TPSA) is 82.2 Å². The minimum Gasteiger partial charge on any atom is -0.392 e. The minimum absolute atomic E-state index is 0.0218. The predicted octanol–water partition coefficient (Wildman–Crippen LogP) is 2.23. The van der Waals surface area contributed by atoms with Crippen LogP contribution in [0.2, 0.25) is 0 Å². The number of aromatic amines is 1. The van der Waals surface area contributed by atoms with E-state index in [1.165, 1.54) is 0 Å². The first-order valence-corrected chi connectivity index (χ1v) is 8.26. The fourth-order valence-corrected chi connectivity index (χ4v) is 2.89. The van der Waals surface area contributed by atoms with Crippen molar-refractivity contribution in [1.82, 2.24) is 10.3 Å². The molecule has 1 aromatic carbocycles. The van der Waals surface area contributed by atoms with E-state index < -0.39 is 11.5 Å². The summed E-state index contributed by atoms with van der Waals surface area (Å²) in [6, 6.07) is 9.22. The van der Waals surface area contributed by atoms with Gasteiger partial charge in [-0.15, -0.1) is 0 Å². The second kappa shape index (κ2) is 7.18. The summed E-state index contributed by atoms with van der Waals surface area (Å²) in [5.74, 6) is -0.111. The lowest BCUT2D eigenvalue weighted by molar-refractivity contribution is -0.121. The molecule has 0 aliphatic rings. The molecule has 0 aliphatic carbocycles. The molecule has 24 heavy (non-hydrogen) atoms. The normalized spacial score (nSPS) is 13.2. The van der Waals surface area contributed by atoms with E-state index in [-0.39, 0.29) is 23.8 Å². The molecular formula is C19H26N2O3. The van der Waals surface area contributed by atoms with E-state index in [0.29, 0.717) is 12.1 Å². The lowest BCUT2D eigenvalue weighted by Crippen LogP contribution is -2.44. The molecule has 0 radical (unpaired) electrons. The number of H-pyrrole nitrogens is 1. The fourth-order valence-electron chi connectivity index (χ4n) is 2.89. The maximum atomic E-state index is 12.2. The van der Waals surface area contributed by atoms with Crippen LogP contribution in [0.25, 0.3) is 10.9 Å². The fraction of sp³-hybridized carbons (Fsp3) is 0.474. The Balaban J connectivity index is 2.05. The monoisotopic (exact) mass is 330 g/mol. The Kier molecular flexibility index (Phi) is 5.44. The third-order valence-corrected chi connectivity index (χ3v) is 4.35. The zero-order chi connectivity index (χ0) is 17.9. The Labute approximate surface area is 142 Å². The number of amides is 1. The van der Waals surface area contributed by atoms with Gasteiger partial charge in [0.1, 0.15) is 0 Å². The largest absolute Gasteiger partial charge is 0.392 e. The number of para-hydroxylation sites is 1. The van der Waals surface area contributed by atoms with E-state index in [9.17, 15) is 14.7 Å². The van der Waals surface area contributed by atoms with Gasteiger partial charge in [-0.1, -0.05) is 45.9 Å². The highest BCUT2D eigenvalue weighted by molar-refractivity contribution is 5.82. The van der Waals surface area contributed by atoms with Crippen LogP contribution in [-0.2, 0) is 11.2 Å². The standard InChI is InChI=1S/C19H26N2O3/c1-12(2)17(23)19(3,4)11-20-16(22)10-14-9-13-7-5-6-8-15(13)21-18(14)24/h5-9,12,17,23H,10-11H2,1-4H3,(H,20,22)(H,21,24). The molecule has 130 valence electrons. The SMILES string of the molecule is CC(C)C(O)C(C)(C)CNC(=O)Cc1cc2ccccc2[nH]c1=O. The van der Waals surface area contributed by atoms with Crippen molar-refractivity contribution in [3.8, 4) is 0 Å². The Hall–Kier alpha value is -2.14. The van der Waals surface area contributed by atoms with Gasteiger partial charge in [-0.25, -0.2) is 0 Å². The average Bonchev–Trinajstić information content (AvgIpc) is 2.53. The molecule has 0 spiro atoms. The smallest absolute Gasteiger partial charge is 0.252 e. The summed E-state index contributed by atoms with van der Waals surface area (Å²) in [5.41, 5.74) is 0.520. The van der Waals surface area contributed by atoms with Crippen LogP contribution < -0.4 is 10.9 Å². The van der Waals surface area contributed by atoms with Crippen molar-refractivity contribution in [2.24, 2.45) is 11.3 Å². The van der Waals surface area contributed by atoms with Crippen LogP contribution in [0.3, 0.4) is 0 Å². The maximum absolute atomic E-state index is 12.2. The van der Waals surface area contributed by atoms with Gasteiger partial charge in [-0.2, -0.15) is 0 Å². The lowest BCUT2D eigenvalue weighted by Gasteiger charge is -2.33. The number of rotatable bonds is 6. The summed E-state index contributed by atoms with van der Waals surface area (Å²) >= 11 is 0. The zero-order valence-electron chi connectivity index (χ0n) is 14.7. The number of pyridine rings is 1. The summed E-state index contributed by atoms with van der Waals surface area (Å²) in [7, 11) is 0. The second-order valence-electron chi connectivity index (χ2n) is 7.34. The van der Waals surface area contributed by atoms with Gasteiger partial charge < -0.3 is 15.4 Å². The van der Waals surface area contributed by atoms with Crippen molar-refractivity contribution in [2.75, 3.05) is 6.54 Å². The molecule has 0 saturated carbocycles. The van der Waals surface area contributed by atoms with Crippen LogP contribution in [-0.4, -0.2) is 28.6 Å². The number of carbonyl (C=O) groups is 1. The third-order valence-electron chi connectivity index (χ3n) is 4.35. The van der Waals surface area contributed by atoms with E-state index in [2.05, 4.69) is 10.3 Å². The number of benzene rings is 1. The molecule has 1 unspecified atom stereocenters.